The second kappa shape index (κ2) is 6.75. The Bertz CT molecular complexity index is 423. The average molecular weight is 316 g/mol. The lowest BCUT2D eigenvalue weighted by Crippen LogP contribution is -2.28. The summed E-state index contributed by atoms with van der Waals surface area (Å²) in [7, 11) is 3.54. The number of benzene rings is 1. The fraction of sp³-hybridized carbons (Fsp3) is 0.462. The minimum absolute atomic E-state index is 0.364. The molecule has 0 fully saturated rings. The van der Waals surface area contributed by atoms with Gasteiger partial charge in [0.1, 0.15) is 5.75 Å². The van der Waals surface area contributed by atoms with Crippen molar-refractivity contribution in [2.75, 3.05) is 20.7 Å². The molecule has 4 nitrogen and oxygen atoms in total. The summed E-state index contributed by atoms with van der Waals surface area (Å²) in [5.74, 6) is -0.338. The molecular weight excluding hydrogens is 298 g/mol. The SMILES string of the molecule is COc1ccc(CN(C)CC(C)C(=O)O)cc1Br. The van der Waals surface area contributed by atoms with Gasteiger partial charge in [-0.1, -0.05) is 13.0 Å². The quantitative estimate of drug-likeness (QED) is 0.876. The predicted octanol–water partition coefficient (Wildman–Crippen LogP) is 2.61. The number of halogens is 1. The van der Waals surface area contributed by atoms with E-state index in [9.17, 15) is 4.79 Å². The van der Waals surface area contributed by atoms with E-state index in [1.54, 1.807) is 14.0 Å². The van der Waals surface area contributed by atoms with Gasteiger partial charge < -0.3 is 14.7 Å². The maximum absolute atomic E-state index is 10.8. The Morgan fingerprint density at radius 2 is 2.22 bits per heavy atom. The van der Waals surface area contributed by atoms with Crippen LogP contribution in [0.2, 0.25) is 0 Å². The van der Waals surface area contributed by atoms with Crippen molar-refractivity contribution in [2.24, 2.45) is 5.92 Å². The molecule has 0 amide bonds. The van der Waals surface area contributed by atoms with Gasteiger partial charge in [-0.05, 0) is 40.7 Å². The normalized spacial score (nSPS) is 12.5. The largest absolute Gasteiger partial charge is 0.496 e. The first-order valence-corrected chi connectivity index (χ1v) is 6.47. The minimum Gasteiger partial charge on any atom is -0.496 e. The van der Waals surface area contributed by atoms with Crippen LogP contribution in [0.3, 0.4) is 0 Å². The number of ether oxygens (including phenoxy) is 1. The summed E-state index contributed by atoms with van der Waals surface area (Å²) in [6.45, 7) is 2.95. The van der Waals surface area contributed by atoms with Crippen molar-refractivity contribution in [3.63, 3.8) is 0 Å². The standard InChI is InChI=1S/C13H18BrNO3/c1-9(13(16)17)7-15(2)8-10-4-5-12(18-3)11(14)6-10/h4-6,9H,7-8H2,1-3H3,(H,16,17). The van der Waals surface area contributed by atoms with Gasteiger partial charge in [-0.15, -0.1) is 0 Å². The Morgan fingerprint density at radius 3 is 2.72 bits per heavy atom. The van der Waals surface area contributed by atoms with Crippen LogP contribution in [-0.2, 0) is 11.3 Å². The molecule has 5 heteroatoms. The lowest BCUT2D eigenvalue weighted by molar-refractivity contribution is -0.141. The zero-order valence-electron chi connectivity index (χ0n) is 10.8. The smallest absolute Gasteiger partial charge is 0.307 e. The second-order valence-electron chi connectivity index (χ2n) is 4.40. The highest BCUT2D eigenvalue weighted by atomic mass is 79.9. The van der Waals surface area contributed by atoms with Crippen LogP contribution >= 0.6 is 15.9 Å². The van der Waals surface area contributed by atoms with E-state index >= 15 is 0 Å². The first-order valence-electron chi connectivity index (χ1n) is 5.67. The number of nitrogens with zero attached hydrogens (tertiary/aromatic N) is 1. The summed E-state index contributed by atoms with van der Waals surface area (Å²) in [6.07, 6.45) is 0. The topological polar surface area (TPSA) is 49.8 Å². The molecule has 1 N–H and O–H groups in total. The van der Waals surface area contributed by atoms with Gasteiger partial charge in [0, 0.05) is 13.1 Å². The Morgan fingerprint density at radius 1 is 1.56 bits per heavy atom. The van der Waals surface area contributed by atoms with Gasteiger partial charge in [0.15, 0.2) is 0 Å². The molecule has 1 unspecified atom stereocenters. The summed E-state index contributed by atoms with van der Waals surface area (Å²) < 4.78 is 6.07. The molecular formula is C13H18BrNO3. The lowest BCUT2D eigenvalue weighted by atomic mass is 10.1. The molecule has 0 aliphatic carbocycles. The van der Waals surface area contributed by atoms with E-state index in [-0.39, 0.29) is 5.92 Å². The first-order chi connectivity index (χ1) is 8.43. The molecule has 1 atom stereocenters. The van der Waals surface area contributed by atoms with Crippen LogP contribution in [0.1, 0.15) is 12.5 Å². The third-order valence-corrected chi connectivity index (χ3v) is 3.30. The number of methoxy groups -OCH3 is 1. The van der Waals surface area contributed by atoms with E-state index in [0.29, 0.717) is 13.1 Å². The first kappa shape index (κ1) is 15.0. The van der Waals surface area contributed by atoms with E-state index in [2.05, 4.69) is 15.9 Å². The molecule has 0 aromatic heterocycles. The van der Waals surface area contributed by atoms with Gasteiger partial charge in [-0.25, -0.2) is 0 Å². The van der Waals surface area contributed by atoms with Crippen LogP contribution in [-0.4, -0.2) is 36.7 Å². The number of carboxylic acid groups (broad SMARTS) is 1. The maximum Gasteiger partial charge on any atom is 0.307 e. The molecule has 0 spiro atoms. The van der Waals surface area contributed by atoms with Crippen molar-refractivity contribution in [1.82, 2.24) is 4.90 Å². The summed E-state index contributed by atoms with van der Waals surface area (Å²) in [4.78, 5) is 12.8. The predicted molar refractivity (Wildman–Crippen MR) is 73.8 cm³/mol. The van der Waals surface area contributed by atoms with Crippen LogP contribution in [0.4, 0.5) is 0 Å². The van der Waals surface area contributed by atoms with E-state index in [4.69, 9.17) is 9.84 Å². The van der Waals surface area contributed by atoms with Gasteiger partial charge in [0.2, 0.25) is 0 Å². The Labute approximate surface area is 116 Å². The number of carbonyl (C=O) groups is 1. The molecule has 0 heterocycles. The van der Waals surface area contributed by atoms with Crippen LogP contribution < -0.4 is 4.74 Å². The van der Waals surface area contributed by atoms with Crippen molar-refractivity contribution >= 4 is 21.9 Å². The van der Waals surface area contributed by atoms with Crippen molar-refractivity contribution in [3.8, 4) is 5.75 Å². The summed E-state index contributed by atoms with van der Waals surface area (Å²) in [5.41, 5.74) is 1.11. The Balaban J connectivity index is 2.62. The van der Waals surface area contributed by atoms with Gasteiger partial charge in [0.25, 0.3) is 0 Å². The number of hydrogen-bond donors (Lipinski definition) is 1. The molecule has 100 valence electrons. The van der Waals surface area contributed by atoms with Gasteiger partial charge >= 0.3 is 5.97 Å². The fourth-order valence-electron chi connectivity index (χ4n) is 1.73. The van der Waals surface area contributed by atoms with Crippen LogP contribution in [0.5, 0.6) is 5.75 Å². The number of hydrogen-bond acceptors (Lipinski definition) is 3. The molecule has 0 saturated carbocycles. The highest BCUT2D eigenvalue weighted by Crippen LogP contribution is 2.25. The fourth-order valence-corrected chi connectivity index (χ4v) is 2.32. The number of aliphatic carboxylic acids is 1. The van der Waals surface area contributed by atoms with Gasteiger partial charge in [-0.3, -0.25) is 4.79 Å². The molecule has 18 heavy (non-hydrogen) atoms. The lowest BCUT2D eigenvalue weighted by Gasteiger charge is -2.19. The molecule has 0 bridgehead atoms. The minimum atomic E-state index is -0.766. The van der Waals surface area contributed by atoms with Crippen molar-refractivity contribution in [2.45, 2.75) is 13.5 Å². The van der Waals surface area contributed by atoms with E-state index in [1.807, 2.05) is 30.1 Å². The zero-order chi connectivity index (χ0) is 13.7. The van der Waals surface area contributed by atoms with Crippen LogP contribution in [0, 0.1) is 5.92 Å². The highest BCUT2D eigenvalue weighted by molar-refractivity contribution is 9.10. The van der Waals surface area contributed by atoms with E-state index < -0.39 is 5.97 Å². The molecule has 0 radical (unpaired) electrons. The van der Waals surface area contributed by atoms with Crippen molar-refractivity contribution in [1.29, 1.82) is 0 Å². The molecule has 0 saturated heterocycles. The van der Waals surface area contributed by atoms with E-state index in [0.717, 1.165) is 15.8 Å². The highest BCUT2D eigenvalue weighted by Gasteiger charge is 2.13. The Hall–Kier alpha value is -1.07. The number of rotatable bonds is 6. The van der Waals surface area contributed by atoms with Gasteiger partial charge in [-0.2, -0.15) is 0 Å². The summed E-state index contributed by atoms with van der Waals surface area (Å²) in [5, 5.41) is 8.86. The van der Waals surface area contributed by atoms with Gasteiger partial charge in [0.05, 0.1) is 17.5 Å². The monoisotopic (exact) mass is 315 g/mol. The Kier molecular flexibility index (Phi) is 5.62. The molecule has 1 rings (SSSR count). The van der Waals surface area contributed by atoms with Crippen molar-refractivity contribution < 1.29 is 14.6 Å². The van der Waals surface area contributed by atoms with Crippen LogP contribution in [0.15, 0.2) is 22.7 Å². The summed E-state index contributed by atoms with van der Waals surface area (Å²) >= 11 is 3.43. The van der Waals surface area contributed by atoms with E-state index in [1.165, 1.54) is 0 Å². The maximum atomic E-state index is 10.8. The molecule has 0 aliphatic heterocycles. The zero-order valence-corrected chi connectivity index (χ0v) is 12.4. The second-order valence-corrected chi connectivity index (χ2v) is 5.26. The third-order valence-electron chi connectivity index (χ3n) is 2.68. The molecule has 0 aliphatic rings. The van der Waals surface area contributed by atoms with Crippen molar-refractivity contribution in [3.05, 3.63) is 28.2 Å². The third kappa shape index (κ3) is 4.31. The molecule has 1 aromatic carbocycles. The average Bonchev–Trinajstić information content (AvgIpc) is 2.28. The van der Waals surface area contributed by atoms with Crippen LogP contribution in [0.25, 0.3) is 0 Å². The molecule has 1 aromatic rings. The number of carboxylic acids is 1. The summed E-state index contributed by atoms with van der Waals surface area (Å²) in [6, 6.07) is 5.86.